The van der Waals surface area contributed by atoms with E-state index < -0.39 is 18.0 Å². The third kappa shape index (κ3) is 6.09. The fraction of sp³-hybridized carbons (Fsp3) is 0.200. The smallest absolute Gasteiger partial charge is 0.335 e. The van der Waals surface area contributed by atoms with Crippen LogP contribution < -0.4 is 17.2 Å². The number of hydrogen-bond donors (Lipinski definition) is 5. The van der Waals surface area contributed by atoms with E-state index in [2.05, 4.69) is 16.0 Å². The van der Waals surface area contributed by atoms with E-state index in [1.807, 2.05) is 0 Å². The molecular formula is C10H15N3O4Se. The van der Waals surface area contributed by atoms with Crippen molar-refractivity contribution in [2.24, 2.45) is 5.73 Å². The summed E-state index contributed by atoms with van der Waals surface area (Å²) in [6.45, 7) is 0. The quantitative estimate of drug-likeness (QED) is 0.363. The number of carboxylic acid groups (broad SMARTS) is 2. The molecule has 0 amide bonds. The summed E-state index contributed by atoms with van der Waals surface area (Å²) in [6, 6.07) is 3.52. The maximum Gasteiger partial charge on any atom is 0.335 e. The van der Waals surface area contributed by atoms with E-state index >= 15 is 0 Å². The van der Waals surface area contributed by atoms with Gasteiger partial charge < -0.3 is 16.6 Å². The van der Waals surface area contributed by atoms with Crippen molar-refractivity contribution in [3.63, 3.8) is 0 Å². The number of aromatic carboxylic acids is 1. The molecule has 100 valence electrons. The molecule has 0 heterocycles. The van der Waals surface area contributed by atoms with E-state index in [0.29, 0.717) is 16.7 Å². The van der Waals surface area contributed by atoms with Gasteiger partial charge in [-0.05, 0) is 18.2 Å². The third-order valence-electron chi connectivity index (χ3n) is 1.74. The van der Waals surface area contributed by atoms with Crippen LogP contribution in [0.3, 0.4) is 0 Å². The molecule has 0 bridgehead atoms. The molecule has 0 aliphatic heterocycles. The van der Waals surface area contributed by atoms with Crippen molar-refractivity contribution in [1.82, 2.24) is 0 Å². The summed E-state index contributed by atoms with van der Waals surface area (Å²) in [4.78, 5) is 20.2. The van der Waals surface area contributed by atoms with Crippen molar-refractivity contribution in [3.8, 4) is 0 Å². The van der Waals surface area contributed by atoms with Gasteiger partial charge in [-0.25, -0.2) is 4.79 Å². The van der Waals surface area contributed by atoms with Gasteiger partial charge in [-0.1, -0.05) is 0 Å². The van der Waals surface area contributed by atoms with Gasteiger partial charge in [0.05, 0.1) is 5.56 Å². The van der Waals surface area contributed by atoms with E-state index in [4.69, 9.17) is 27.4 Å². The van der Waals surface area contributed by atoms with Crippen LogP contribution in [-0.2, 0) is 4.79 Å². The largest absolute Gasteiger partial charge is 0.478 e. The minimum atomic E-state index is -1.02. The van der Waals surface area contributed by atoms with Gasteiger partial charge in [-0.15, -0.1) is 0 Å². The van der Waals surface area contributed by atoms with Crippen molar-refractivity contribution in [2.75, 3.05) is 11.5 Å². The maximum absolute atomic E-state index is 10.4. The normalized spacial score (nSPS) is 11.0. The first-order valence-corrected chi connectivity index (χ1v) is 6.09. The zero-order chi connectivity index (χ0) is 14.3. The van der Waals surface area contributed by atoms with Crippen molar-refractivity contribution >= 4 is 39.3 Å². The average Bonchev–Trinajstić information content (AvgIpc) is 2.27. The third-order valence-corrected chi connectivity index (χ3v) is 2.56. The van der Waals surface area contributed by atoms with Crippen LogP contribution in [0.4, 0.5) is 11.4 Å². The Kier molecular flexibility index (Phi) is 6.81. The molecule has 8 N–H and O–H groups in total. The van der Waals surface area contributed by atoms with Crippen LogP contribution in [0.15, 0.2) is 18.2 Å². The predicted molar refractivity (Wildman–Crippen MR) is 69.8 cm³/mol. The molecule has 1 aromatic rings. The van der Waals surface area contributed by atoms with Crippen LogP contribution in [-0.4, -0.2) is 44.2 Å². The Hall–Kier alpha value is -1.76. The van der Waals surface area contributed by atoms with E-state index in [0.717, 1.165) is 0 Å². The first kappa shape index (κ1) is 16.2. The molecule has 0 aliphatic carbocycles. The van der Waals surface area contributed by atoms with Gasteiger partial charge in [-0.3, -0.25) is 0 Å². The van der Waals surface area contributed by atoms with Crippen LogP contribution in [0.25, 0.3) is 0 Å². The minimum absolute atomic E-state index is 0.113. The monoisotopic (exact) mass is 321 g/mol. The summed E-state index contributed by atoms with van der Waals surface area (Å²) in [5.41, 5.74) is 16.5. The number of hydrogen-bond acceptors (Lipinski definition) is 5. The SMILES string of the molecule is N[C@@H](C[SeH])C(=O)O.Nc1cc(N)cc(C(=O)O)c1. The second kappa shape index (κ2) is 7.54. The van der Waals surface area contributed by atoms with E-state index in [1.54, 1.807) is 0 Å². The molecule has 7 nitrogen and oxygen atoms in total. The van der Waals surface area contributed by atoms with Crippen molar-refractivity contribution in [1.29, 1.82) is 0 Å². The molecule has 0 aliphatic rings. The predicted octanol–water partition coefficient (Wildman–Crippen LogP) is -0.733. The summed E-state index contributed by atoms with van der Waals surface area (Å²) < 4.78 is 0. The Morgan fingerprint density at radius 2 is 1.61 bits per heavy atom. The molecule has 0 spiro atoms. The van der Waals surface area contributed by atoms with Crippen LogP contribution in [0.1, 0.15) is 10.4 Å². The molecule has 8 heteroatoms. The first-order valence-electron chi connectivity index (χ1n) is 4.76. The number of carbonyl (C=O) groups is 2. The Bertz CT molecular complexity index is 419. The number of benzene rings is 1. The van der Waals surface area contributed by atoms with E-state index in [-0.39, 0.29) is 5.56 Å². The Balaban J connectivity index is 0.000000360. The molecule has 1 atom stereocenters. The average molecular weight is 320 g/mol. The maximum atomic E-state index is 10.4. The molecule has 0 unspecified atom stereocenters. The van der Waals surface area contributed by atoms with Gasteiger partial charge in [0.2, 0.25) is 0 Å². The van der Waals surface area contributed by atoms with Crippen molar-refractivity contribution in [2.45, 2.75) is 11.4 Å². The van der Waals surface area contributed by atoms with Gasteiger partial charge in [0, 0.05) is 11.4 Å². The number of rotatable bonds is 3. The fourth-order valence-corrected chi connectivity index (χ4v) is 1.21. The van der Waals surface area contributed by atoms with Crippen LogP contribution in [0.5, 0.6) is 0 Å². The molecule has 0 aromatic heterocycles. The van der Waals surface area contributed by atoms with Crippen LogP contribution in [0, 0.1) is 0 Å². The number of nitrogens with two attached hydrogens (primary N) is 3. The number of aliphatic carboxylic acids is 1. The molecule has 0 saturated heterocycles. The Labute approximate surface area is 112 Å². The standard InChI is InChI=1S/C7H8N2O2.C3H7NO2Se/c8-5-1-4(7(10)11)2-6(9)3-5;4-2(1-7)3(5)6/h1-3H,8-9H2,(H,10,11);2,7H,1,4H2,(H,5,6)/t;2-/m.0/s1. The van der Waals surface area contributed by atoms with E-state index in [9.17, 15) is 9.59 Å². The molecule has 18 heavy (non-hydrogen) atoms. The minimum Gasteiger partial charge on any atom is -0.478 e. The molecule has 1 rings (SSSR count). The molecule has 0 fully saturated rings. The summed E-state index contributed by atoms with van der Waals surface area (Å²) in [6.07, 6.45) is 0. The summed E-state index contributed by atoms with van der Waals surface area (Å²) in [5, 5.41) is 17.0. The number of carboxylic acids is 2. The van der Waals surface area contributed by atoms with Gasteiger partial charge >= 0.3 is 54.9 Å². The van der Waals surface area contributed by atoms with Crippen molar-refractivity contribution in [3.05, 3.63) is 23.8 Å². The molecule has 0 radical (unpaired) electrons. The fourth-order valence-electron chi connectivity index (χ4n) is 0.878. The zero-order valence-corrected chi connectivity index (χ0v) is 11.3. The van der Waals surface area contributed by atoms with Crippen LogP contribution >= 0.6 is 0 Å². The Morgan fingerprint density at radius 1 is 1.17 bits per heavy atom. The second-order valence-electron chi connectivity index (χ2n) is 3.32. The first-order chi connectivity index (χ1) is 8.27. The van der Waals surface area contributed by atoms with E-state index in [1.165, 1.54) is 18.2 Å². The molecule has 0 saturated carbocycles. The Morgan fingerprint density at radius 3 is 1.83 bits per heavy atom. The zero-order valence-electron chi connectivity index (χ0n) is 9.41. The topological polar surface area (TPSA) is 153 Å². The van der Waals surface area contributed by atoms with Crippen molar-refractivity contribution < 1.29 is 19.8 Å². The number of nitrogen functional groups attached to an aromatic ring is 2. The van der Waals surface area contributed by atoms with Crippen LogP contribution in [0.2, 0.25) is 5.32 Å². The summed E-state index contributed by atoms with van der Waals surface area (Å²) >= 11 is 2.13. The summed E-state index contributed by atoms with van der Waals surface area (Å²) in [5.74, 6) is -1.97. The number of anilines is 2. The van der Waals surface area contributed by atoms with Gasteiger partial charge in [-0.2, -0.15) is 0 Å². The van der Waals surface area contributed by atoms with Gasteiger partial charge in [0.25, 0.3) is 0 Å². The summed E-state index contributed by atoms with van der Waals surface area (Å²) in [7, 11) is 0. The second-order valence-corrected chi connectivity index (χ2v) is 4.09. The van der Waals surface area contributed by atoms with Gasteiger partial charge in [0.1, 0.15) is 0 Å². The van der Waals surface area contributed by atoms with Gasteiger partial charge in [0.15, 0.2) is 0 Å². The molecular weight excluding hydrogens is 305 g/mol. The molecule has 1 aromatic carbocycles.